The van der Waals surface area contributed by atoms with Crippen molar-refractivity contribution < 1.29 is 4.39 Å². The Bertz CT molecular complexity index is 290. The molecule has 0 aromatic heterocycles. The Morgan fingerprint density at radius 1 is 1.50 bits per heavy atom. The molecule has 0 aliphatic carbocycles. The molecule has 1 nitrogen and oxygen atoms in total. The molecule has 0 heterocycles. The summed E-state index contributed by atoms with van der Waals surface area (Å²) in [7, 11) is 0. The maximum Gasteiger partial charge on any atom is 0.222 e. The standard InChI is InChI=1S/C7H3ClFN/c1-10-7-3-2-5(8)4-6(7)9/h2-4H. The van der Waals surface area contributed by atoms with Gasteiger partial charge >= 0.3 is 0 Å². The highest BCUT2D eigenvalue weighted by Gasteiger charge is 1.99. The van der Waals surface area contributed by atoms with Gasteiger partial charge in [0.15, 0.2) is 0 Å². The van der Waals surface area contributed by atoms with Crippen LogP contribution in [0.3, 0.4) is 0 Å². The van der Waals surface area contributed by atoms with Gasteiger partial charge in [0.25, 0.3) is 0 Å². The van der Waals surface area contributed by atoms with Crippen LogP contribution >= 0.6 is 11.6 Å². The van der Waals surface area contributed by atoms with Crippen molar-refractivity contribution in [3.63, 3.8) is 0 Å². The lowest BCUT2D eigenvalue weighted by Crippen LogP contribution is -1.71. The second kappa shape index (κ2) is 2.68. The first-order valence-electron chi connectivity index (χ1n) is 2.56. The van der Waals surface area contributed by atoms with Gasteiger partial charge in [-0.1, -0.05) is 23.7 Å². The Balaban J connectivity index is 3.23. The van der Waals surface area contributed by atoms with Gasteiger partial charge in [-0.15, -0.1) is 0 Å². The molecular formula is C7H3ClFN. The van der Waals surface area contributed by atoms with E-state index in [1.54, 1.807) is 0 Å². The fourth-order valence-corrected chi connectivity index (χ4v) is 0.731. The van der Waals surface area contributed by atoms with Crippen molar-refractivity contribution in [1.82, 2.24) is 0 Å². The number of halogens is 2. The molecule has 0 atom stereocenters. The largest absolute Gasteiger partial charge is 0.235 e. The summed E-state index contributed by atoms with van der Waals surface area (Å²) in [6.07, 6.45) is 0. The minimum atomic E-state index is -0.567. The van der Waals surface area contributed by atoms with Gasteiger partial charge in [-0.25, -0.2) is 9.24 Å². The topological polar surface area (TPSA) is 4.36 Å². The maximum atomic E-state index is 12.6. The Hall–Kier alpha value is -1.07. The normalized spacial score (nSPS) is 8.90. The maximum absolute atomic E-state index is 12.6. The molecule has 0 fully saturated rings. The second-order valence-electron chi connectivity index (χ2n) is 1.71. The molecule has 0 bridgehead atoms. The van der Waals surface area contributed by atoms with E-state index in [2.05, 4.69) is 4.85 Å². The predicted molar refractivity (Wildman–Crippen MR) is 37.7 cm³/mol. The summed E-state index contributed by atoms with van der Waals surface area (Å²) in [6, 6.07) is 3.96. The third-order valence-electron chi connectivity index (χ3n) is 1.03. The van der Waals surface area contributed by atoms with E-state index in [0.29, 0.717) is 5.02 Å². The third-order valence-corrected chi connectivity index (χ3v) is 1.27. The molecule has 1 aromatic rings. The highest BCUT2D eigenvalue weighted by Crippen LogP contribution is 2.20. The monoisotopic (exact) mass is 155 g/mol. The second-order valence-corrected chi connectivity index (χ2v) is 2.14. The molecular weight excluding hydrogens is 153 g/mol. The number of rotatable bonds is 0. The van der Waals surface area contributed by atoms with Crippen LogP contribution in [0.2, 0.25) is 5.02 Å². The Kier molecular flexibility index (Phi) is 1.88. The van der Waals surface area contributed by atoms with Gasteiger partial charge < -0.3 is 0 Å². The lowest BCUT2D eigenvalue weighted by molar-refractivity contribution is 0.634. The van der Waals surface area contributed by atoms with Crippen LogP contribution in [-0.2, 0) is 0 Å². The zero-order valence-corrected chi connectivity index (χ0v) is 5.69. The lowest BCUT2D eigenvalue weighted by atomic mass is 10.3. The number of hydrogen-bond acceptors (Lipinski definition) is 0. The smallest absolute Gasteiger partial charge is 0.222 e. The summed E-state index contributed by atoms with van der Waals surface area (Å²) < 4.78 is 12.6. The average Bonchev–Trinajstić information content (AvgIpc) is 1.88. The molecule has 10 heavy (non-hydrogen) atoms. The fourth-order valence-electron chi connectivity index (χ4n) is 0.572. The van der Waals surface area contributed by atoms with Crippen molar-refractivity contribution in [1.29, 1.82) is 0 Å². The summed E-state index contributed by atoms with van der Waals surface area (Å²) >= 11 is 5.43. The van der Waals surface area contributed by atoms with Crippen molar-refractivity contribution >= 4 is 17.3 Å². The molecule has 1 rings (SSSR count). The molecule has 0 saturated heterocycles. The van der Waals surface area contributed by atoms with Crippen molar-refractivity contribution in [3.05, 3.63) is 40.5 Å². The molecule has 1 aromatic carbocycles. The van der Waals surface area contributed by atoms with E-state index in [1.807, 2.05) is 0 Å². The van der Waals surface area contributed by atoms with Crippen molar-refractivity contribution in [2.24, 2.45) is 0 Å². The molecule has 50 valence electrons. The molecule has 0 saturated carbocycles. The lowest BCUT2D eigenvalue weighted by Gasteiger charge is -1.91. The SMILES string of the molecule is [C-]#[N+]c1ccc(Cl)cc1F. The van der Waals surface area contributed by atoms with E-state index in [9.17, 15) is 4.39 Å². The predicted octanol–water partition coefficient (Wildman–Crippen LogP) is 3.03. The van der Waals surface area contributed by atoms with E-state index < -0.39 is 5.82 Å². The number of hydrogen-bond donors (Lipinski definition) is 0. The zero-order chi connectivity index (χ0) is 7.56. The first-order valence-corrected chi connectivity index (χ1v) is 2.94. The first kappa shape index (κ1) is 7.04. The minimum Gasteiger partial charge on any atom is -0.235 e. The quantitative estimate of drug-likeness (QED) is 0.508. The van der Waals surface area contributed by atoms with Crippen LogP contribution in [0.15, 0.2) is 18.2 Å². The average molecular weight is 156 g/mol. The molecule has 0 spiro atoms. The van der Waals surface area contributed by atoms with Gasteiger partial charge in [-0.2, -0.15) is 0 Å². The van der Waals surface area contributed by atoms with Crippen LogP contribution < -0.4 is 0 Å². The number of nitrogens with zero attached hydrogens (tertiary/aromatic N) is 1. The van der Waals surface area contributed by atoms with Gasteiger partial charge in [0.05, 0.1) is 6.57 Å². The molecule has 0 unspecified atom stereocenters. The van der Waals surface area contributed by atoms with E-state index in [1.165, 1.54) is 12.1 Å². The van der Waals surface area contributed by atoms with Gasteiger partial charge in [0, 0.05) is 5.02 Å². The first-order chi connectivity index (χ1) is 4.74. The van der Waals surface area contributed by atoms with E-state index >= 15 is 0 Å². The molecule has 0 aliphatic rings. The minimum absolute atomic E-state index is 0.00407. The Labute approximate surface area is 62.9 Å². The third kappa shape index (κ3) is 1.26. The highest BCUT2D eigenvalue weighted by molar-refractivity contribution is 6.30. The summed E-state index contributed by atoms with van der Waals surface area (Å²) in [5.41, 5.74) is 0.00407. The van der Waals surface area contributed by atoms with Crippen LogP contribution in [0, 0.1) is 12.4 Å². The Morgan fingerprint density at radius 3 is 2.70 bits per heavy atom. The van der Waals surface area contributed by atoms with E-state index in [-0.39, 0.29) is 5.69 Å². The summed E-state index contributed by atoms with van der Waals surface area (Å²) in [6.45, 7) is 6.50. The number of benzene rings is 1. The fraction of sp³-hybridized carbons (Fsp3) is 0. The molecule has 0 amide bonds. The van der Waals surface area contributed by atoms with Gasteiger partial charge in [-0.05, 0) is 6.07 Å². The summed E-state index contributed by atoms with van der Waals surface area (Å²) in [5.74, 6) is -0.567. The van der Waals surface area contributed by atoms with Crippen molar-refractivity contribution in [2.45, 2.75) is 0 Å². The highest BCUT2D eigenvalue weighted by atomic mass is 35.5. The van der Waals surface area contributed by atoms with Crippen LogP contribution in [0.1, 0.15) is 0 Å². The van der Waals surface area contributed by atoms with E-state index in [4.69, 9.17) is 18.2 Å². The van der Waals surface area contributed by atoms with Crippen molar-refractivity contribution in [3.8, 4) is 0 Å². The van der Waals surface area contributed by atoms with Crippen LogP contribution in [0.4, 0.5) is 10.1 Å². The molecule has 0 radical (unpaired) electrons. The molecule has 3 heteroatoms. The van der Waals surface area contributed by atoms with Crippen LogP contribution in [-0.4, -0.2) is 0 Å². The summed E-state index contributed by atoms with van der Waals surface area (Å²) in [5, 5.41) is 0.310. The van der Waals surface area contributed by atoms with Crippen LogP contribution in [0.5, 0.6) is 0 Å². The van der Waals surface area contributed by atoms with Gasteiger partial charge in [0.1, 0.15) is 5.82 Å². The van der Waals surface area contributed by atoms with Crippen LogP contribution in [0.25, 0.3) is 4.85 Å². The molecule has 0 N–H and O–H groups in total. The van der Waals surface area contributed by atoms with Gasteiger partial charge in [-0.3, -0.25) is 0 Å². The Morgan fingerprint density at radius 2 is 2.20 bits per heavy atom. The van der Waals surface area contributed by atoms with Crippen molar-refractivity contribution in [2.75, 3.05) is 0 Å². The zero-order valence-electron chi connectivity index (χ0n) is 4.94. The molecule has 0 aliphatic heterocycles. The van der Waals surface area contributed by atoms with Gasteiger partial charge in [0.2, 0.25) is 5.69 Å². The van der Waals surface area contributed by atoms with E-state index in [0.717, 1.165) is 6.07 Å². The summed E-state index contributed by atoms with van der Waals surface area (Å²) in [4.78, 5) is 2.93.